The Balaban J connectivity index is 4.51. The van der Waals surface area contributed by atoms with Crippen molar-refractivity contribution in [3.8, 4) is 0 Å². The molecule has 0 aliphatic carbocycles. The molecule has 24 heavy (non-hydrogen) atoms. The smallest absolute Gasteiger partial charge is 0.431 e. The lowest BCUT2D eigenvalue weighted by Crippen LogP contribution is -2.47. The third-order valence-corrected chi connectivity index (χ3v) is 2.27. The van der Waals surface area contributed by atoms with Crippen LogP contribution >= 0.6 is 0 Å². The molecule has 0 aromatic carbocycles. The lowest BCUT2D eigenvalue weighted by Gasteiger charge is -2.24. The highest BCUT2D eigenvalue weighted by Gasteiger charge is 2.28. The summed E-state index contributed by atoms with van der Waals surface area (Å²) in [4.78, 5) is 46.8. The van der Waals surface area contributed by atoms with Gasteiger partial charge in [-0.05, 0) is 41.5 Å². The van der Waals surface area contributed by atoms with Gasteiger partial charge in [0.05, 0.1) is 0 Å². The molecule has 0 saturated carbocycles. The van der Waals surface area contributed by atoms with Crippen molar-refractivity contribution in [1.82, 2.24) is 10.0 Å². The molecule has 10 heteroatoms. The van der Waals surface area contributed by atoms with E-state index in [2.05, 4.69) is 0 Å². The van der Waals surface area contributed by atoms with Crippen molar-refractivity contribution >= 4 is 24.0 Å². The second-order valence-corrected chi connectivity index (χ2v) is 6.99. The maximum absolute atomic E-state index is 11.8. The van der Waals surface area contributed by atoms with Gasteiger partial charge in [0, 0.05) is 12.8 Å². The molecule has 0 heterocycles. The number of carbonyl (C=O) groups is 4. The van der Waals surface area contributed by atoms with Crippen molar-refractivity contribution < 1.29 is 28.7 Å². The van der Waals surface area contributed by atoms with Crippen LogP contribution in [-0.2, 0) is 19.1 Å². The minimum absolute atomic E-state index is 0.271. The summed E-state index contributed by atoms with van der Waals surface area (Å²) in [6.45, 7) is 9.67. The van der Waals surface area contributed by atoms with E-state index in [-0.39, 0.29) is 10.0 Å². The summed E-state index contributed by atoms with van der Waals surface area (Å²) in [5.41, 5.74) is -1.65. The molecule has 4 amide bonds. The van der Waals surface area contributed by atoms with E-state index >= 15 is 0 Å². The van der Waals surface area contributed by atoms with Crippen LogP contribution in [-0.4, -0.2) is 45.2 Å². The van der Waals surface area contributed by atoms with Crippen molar-refractivity contribution in [1.29, 1.82) is 0 Å². The van der Waals surface area contributed by atoms with Crippen LogP contribution in [0.25, 0.3) is 0 Å². The van der Waals surface area contributed by atoms with Gasteiger partial charge in [-0.15, -0.1) is 0 Å². The van der Waals surface area contributed by atoms with E-state index in [0.717, 1.165) is 0 Å². The van der Waals surface area contributed by atoms with E-state index in [4.69, 9.17) is 21.2 Å². The van der Waals surface area contributed by atoms with E-state index < -0.39 is 48.0 Å². The molecule has 0 saturated heterocycles. The summed E-state index contributed by atoms with van der Waals surface area (Å²) >= 11 is 0. The van der Waals surface area contributed by atoms with Crippen LogP contribution in [0.1, 0.15) is 54.4 Å². The first kappa shape index (κ1) is 21.8. The topological polar surface area (TPSA) is 145 Å². The van der Waals surface area contributed by atoms with Crippen LogP contribution in [0.15, 0.2) is 0 Å². The van der Waals surface area contributed by atoms with Gasteiger partial charge in [-0.3, -0.25) is 9.59 Å². The van der Waals surface area contributed by atoms with Gasteiger partial charge in [0.15, 0.2) is 0 Å². The maximum atomic E-state index is 11.8. The molecule has 0 rings (SSSR count). The Morgan fingerprint density at radius 2 is 0.958 bits per heavy atom. The van der Waals surface area contributed by atoms with E-state index in [0.29, 0.717) is 0 Å². The molecular weight excluding hydrogens is 320 g/mol. The Kier molecular flexibility index (Phi) is 7.32. The van der Waals surface area contributed by atoms with Crippen LogP contribution in [0.2, 0.25) is 0 Å². The van der Waals surface area contributed by atoms with E-state index in [1.165, 1.54) is 0 Å². The van der Waals surface area contributed by atoms with Crippen molar-refractivity contribution in [2.75, 3.05) is 0 Å². The third-order valence-electron chi connectivity index (χ3n) is 2.27. The maximum Gasteiger partial charge on any atom is 0.431 e. The minimum atomic E-state index is -1.04. The third kappa shape index (κ3) is 8.44. The monoisotopic (exact) mass is 346 g/mol. The summed E-state index contributed by atoms with van der Waals surface area (Å²) < 4.78 is 9.83. The van der Waals surface area contributed by atoms with Gasteiger partial charge in [-0.2, -0.15) is 10.0 Å². The summed E-state index contributed by atoms with van der Waals surface area (Å²) in [6.07, 6.45) is -2.94. The number of ether oxygens (including phenoxy) is 2. The number of imide groups is 2. The summed E-state index contributed by atoms with van der Waals surface area (Å²) in [7, 11) is 0. The lowest BCUT2D eigenvalue weighted by atomic mass is 10.2. The Bertz CT molecular complexity index is 460. The number of rotatable bonds is 3. The molecule has 0 aromatic rings. The Morgan fingerprint density at radius 3 is 1.17 bits per heavy atom. The Hall–Kier alpha value is -2.20. The quantitative estimate of drug-likeness (QED) is 0.438. The molecule has 0 aromatic heterocycles. The number of amides is 4. The fraction of sp³-hybridized carbons (Fsp3) is 0.714. The average molecular weight is 346 g/mol. The zero-order valence-electron chi connectivity index (χ0n) is 14.9. The summed E-state index contributed by atoms with van der Waals surface area (Å²) in [5, 5.41) is 0.541. The highest BCUT2D eigenvalue weighted by Crippen LogP contribution is 2.11. The highest BCUT2D eigenvalue weighted by molar-refractivity contribution is 5.96. The molecule has 0 atom stereocenters. The number of hydrogen-bond acceptors (Lipinski definition) is 8. The van der Waals surface area contributed by atoms with E-state index in [1.807, 2.05) is 0 Å². The fourth-order valence-electron chi connectivity index (χ4n) is 1.28. The number of hydrazine groups is 2. The van der Waals surface area contributed by atoms with Gasteiger partial charge >= 0.3 is 12.2 Å². The van der Waals surface area contributed by atoms with Crippen molar-refractivity contribution in [2.45, 2.75) is 65.6 Å². The molecule has 4 N–H and O–H groups in total. The van der Waals surface area contributed by atoms with E-state index in [9.17, 15) is 19.2 Å². The Labute approximate surface area is 140 Å². The number of nitrogens with zero attached hydrogens (tertiary/aromatic N) is 2. The Morgan fingerprint density at radius 1 is 0.708 bits per heavy atom. The second kappa shape index (κ2) is 8.06. The molecule has 0 radical (unpaired) electrons. The SMILES string of the molecule is CC(C)(C)OC(=O)N(N)C(=O)CCC(=O)N(N)C(=O)OC(C)(C)C. The number of carbonyl (C=O) groups excluding carboxylic acids is 4. The van der Waals surface area contributed by atoms with Gasteiger partial charge in [-0.1, -0.05) is 0 Å². The van der Waals surface area contributed by atoms with Gasteiger partial charge in [0.25, 0.3) is 0 Å². The van der Waals surface area contributed by atoms with Gasteiger partial charge < -0.3 is 9.47 Å². The van der Waals surface area contributed by atoms with Crippen LogP contribution in [0.4, 0.5) is 9.59 Å². The van der Waals surface area contributed by atoms with Crippen LogP contribution in [0.3, 0.4) is 0 Å². The van der Waals surface area contributed by atoms with E-state index in [1.54, 1.807) is 41.5 Å². The first-order valence-corrected chi connectivity index (χ1v) is 7.25. The first-order chi connectivity index (χ1) is 10.6. The van der Waals surface area contributed by atoms with Crippen LogP contribution in [0.5, 0.6) is 0 Å². The minimum Gasteiger partial charge on any atom is -0.442 e. The summed E-state index contributed by atoms with van der Waals surface area (Å²) in [6, 6.07) is 0. The fourth-order valence-corrected chi connectivity index (χ4v) is 1.28. The van der Waals surface area contributed by atoms with Gasteiger partial charge in [-0.25, -0.2) is 21.3 Å². The predicted octanol–water partition coefficient (Wildman–Crippen LogP) is 1.04. The van der Waals surface area contributed by atoms with Gasteiger partial charge in [0.2, 0.25) is 11.8 Å². The number of nitrogens with two attached hydrogens (primary N) is 2. The number of hydrogen-bond donors (Lipinski definition) is 2. The molecule has 0 aliphatic rings. The predicted molar refractivity (Wildman–Crippen MR) is 83.8 cm³/mol. The molecule has 0 aliphatic heterocycles. The second-order valence-electron chi connectivity index (χ2n) is 6.99. The lowest BCUT2D eigenvalue weighted by molar-refractivity contribution is -0.136. The zero-order chi connectivity index (χ0) is 19.3. The molecule has 0 fully saturated rings. The van der Waals surface area contributed by atoms with Crippen molar-refractivity contribution in [3.63, 3.8) is 0 Å². The molecule has 10 nitrogen and oxygen atoms in total. The van der Waals surface area contributed by atoms with Crippen LogP contribution in [0, 0.1) is 0 Å². The average Bonchev–Trinajstić information content (AvgIpc) is 2.38. The normalized spacial score (nSPS) is 11.5. The van der Waals surface area contributed by atoms with Gasteiger partial charge in [0.1, 0.15) is 11.2 Å². The first-order valence-electron chi connectivity index (χ1n) is 7.25. The molecule has 0 bridgehead atoms. The largest absolute Gasteiger partial charge is 0.442 e. The van der Waals surface area contributed by atoms with Crippen molar-refractivity contribution in [3.05, 3.63) is 0 Å². The zero-order valence-corrected chi connectivity index (χ0v) is 14.9. The van der Waals surface area contributed by atoms with Crippen LogP contribution < -0.4 is 11.7 Å². The molecular formula is C14H26N4O6. The summed E-state index contributed by atoms with van der Waals surface area (Å²) in [5.74, 6) is 8.97. The van der Waals surface area contributed by atoms with Crippen molar-refractivity contribution in [2.24, 2.45) is 11.7 Å². The standard InChI is InChI=1S/C14H26N4O6/c1-13(2,3)23-11(21)17(15)9(19)7-8-10(20)18(16)12(22)24-14(4,5)6/h7-8,15-16H2,1-6H3. The molecule has 138 valence electrons. The molecule has 0 unspecified atom stereocenters. The highest BCUT2D eigenvalue weighted by atomic mass is 16.6. The molecule has 0 spiro atoms.